The number of amides is 1. The Hall–Kier alpha value is -3.12. The summed E-state index contributed by atoms with van der Waals surface area (Å²) in [5, 5.41) is 2.93. The molecule has 29 heavy (non-hydrogen) atoms. The fraction of sp³-hybridized carbons (Fsp3) is 0.130. The van der Waals surface area contributed by atoms with Crippen molar-refractivity contribution in [1.82, 2.24) is 9.38 Å². The van der Waals surface area contributed by atoms with Crippen LogP contribution in [0.5, 0.6) is 5.75 Å². The predicted molar refractivity (Wildman–Crippen MR) is 119 cm³/mol. The number of fused-ring (bicyclic) bond motifs is 1. The van der Waals surface area contributed by atoms with Gasteiger partial charge < -0.3 is 14.5 Å². The van der Waals surface area contributed by atoms with Crippen LogP contribution in [0.25, 0.3) is 16.9 Å². The van der Waals surface area contributed by atoms with Crippen molar-refractivity contribution in [2.24, 2.45) is 0 Å². The lowest BCUT2D eigenvalue weighted by atomic mass is 10.1. The standard InChI is InChI=1S/C23H20BrN3O2/c1-3-29-18-10-11-19(20(24)13-18)23(28)25-17-8-6-16(7-9-17)21-14-27-12-4-5-15(2)22(27)26-21/h4-14H,3H2,1-2H3,(H,25,28). The molecule has 5 nitrogen and oxygen atoms in total. The number of benzene rings is 2. The molecule has 0 aliphatic carbocycles. The summed E-state index contributed by atoms with van der Waals surface area (Å²) in [5.74, 6) is 0.541. The van der Waals surface area contributed by atoms with E-state index in [0.717, 1.165) is 33.9 Å². The van der Waals surface area contributed by atoms with Crippen LogP contribution in [-0.4, -0.2) is 21.9 Å². The second kappa shape index (κ2) is 8.09. The highest BCUT2D eigenvalue weighted by atomic mass is 79.9. The van der Waals surface area contributed by atoms with E-state index < -0.39 is 0 Å². The van der Waals surface area contributed by atoms with Gasteiger partial charge in [-0.3, -0.25) is 4.79 Å². The van der Waals surface area contributed by atoms with E-state index in [-0.39, 0.29) is 5.91 Å². The van der Waals surface area contributed by atoms with E-state index in [1.807, 2.05) is 67.0 Å². The summed E-state index contributed by atoms with van der Waals surface area (Å²) in [6, 6.07) is 17.1. The smallest absolute Gasteiger partial charge is 0.256 e. The van der Waals surface area contributed by atoms with Crippen LogP contribution in [0.15, 0.2) is 71.5 Å². The van der Waals surface area contributed by atoms with Gasteiger partial charge in [0, 0.05) is 28.1 Å². The first-order valence-electron chi connectivity index (χ1n) is 9.33. The molecule has 0 saturated heterocycles. The van der Waals surface area contributed by atoms with Gasteiger partial charge in [0.25, 0.3) is 5.91 Å². The predicted octanol–water partition coefficient (Wildman–Crippen LogP) is 5.72. The average molecular weight is 450 g/mol. The Morgan fingerprint density at radius 1 is 1.17 bits per heavy atom. The molecule has 0 radical (unpaired) electrons. The topological polar surface area (TPSA) is 55.6 Å². The maximum Gasteiger partial charge on any atom is 0.256 e. The number of aryl methyl sites for hydroxylation is 1. The maximum atomic E-state index is 12.6. The number of carbonyl (C=O) groups is 1. The van der Waals surface area contributed by atoms with E-state index in [9.17, 15) is 4.79 Å². The molecule has 2 heterocycles. The van der Waals surface area contributed by atoms with Gasteiger partial charge in [-0.15, -0.1) is 0 Å². The number of imidazole rings is 1. The third-order valence-corrected chi connectivity index (χ3v) is 5.27. The molecule has 0 unspecified atom stereocenters. The number of nitrogens with one attached hydrogen (secondary N) is 1. The number of aromatic nitrogens is 2. The molecule has 146 valence electrons. The zero-order chi connectivity index (χ0) is 20.4. The summed E-state index contributed by atoms with van der Waals surface area (Å²) in [7, 11) is 0. The SMILES string of the molecule is CCOc1ccc(C(=O)Nc2ccc(-c3cn4cccc(C)c4n3)cc2)c(Br)c1. The number of carbonyl (C=O) groups excluding carboxylic acids is 1. The van der Waals surface area contributed by atoms with Crippen LogP contribution in [0.2, 0.25) is 0 Å². The normalized spacial score (nSPS) is 10.9. The number of pyridine rings is 1. The van der Waals surface area contributed by atoms with Crippen molar-refractivity contribution in [3.8, 4) is 17.0 Å². The maximum absolute atomic E-state index is 12.6. The molecule has 1 amide bonds. The van der Waals surface area contributed by atoms with E-state index in [1.54, 1.807) is 18.2 Å². The highest BCUT2D eigenvalue weighted by molar-refractivity contribution is 9.10. The number of rotatable bonds is 5. The van der Waals surface area contributed by atoms with E-state index >= 15 is 0 Å². The number of hydrogen-bond acceptors (Lipinski definition) is 3. The molecule has 0 bridgehead atoms. The van der Waals surface area contributed by atoms with Gasteiger partial charge >= 0.3 is 0 Å². The van der Waals surface area contributed by atoms with E-state index in [0.29, 0.717) is 16.6 Å². The van der Waals surface area contributed by atoms with Gasteiger partial charge in [0.15, 0.2) is 0 Å². The molecule has 4 aromatic rings. The summed E-state index contributed by atoms with van der Waals surface area (Å²) in [6.07, 6.45) is 4.00. The van der Waals surface area contributed by atoms with Crippen LogP contribution < -0.4 is 10.1 Å². The van der Waals surface area contributed by atoms with Gasteiger partial charge in [0.1, 0.15) is 11.4 Å². The first kappa shape index (κ1) is 19.2. The molecular weight excluding hydrogens is 430 g/mol. The van der Waals surface area contributed by atoms with Gasteiger partial charge in [0.2, 0.25) is 0 Å². The number of nitrogens with zero attached hydrogens (tertiary/aromatic N) is 2. The average Bonchev–Trinajstić information content (AvgIpc) is 3.14. The van der Waals surface area contributed by atoms with Crippen molar-refractivity contribution < 1.29 is 9.53 Å². The van der Waals surface area contributed by atoms with Crippen LogP contribution in [-0.2, 0) is 0 Å². The first-order valence-corrected chi connectivity index (χ1v) is 10.1. The van der Waals surface area contributed by atoms with Gasteiger partial charge in [0.05, 0.1) is 17.9 Å². The zero-order valence-corrected chi connectivity index (χ0v) is 17.7. The molecule has 0 fully saturated rings. The molecule has 2 aromatic carbocycles. The number of halogens is 1. The zero-order valence-electron chi connectivity index (χ0n) is 16.1. The quantitative estimate of drug-likeness (QED) is 0.423. The highest BCUT2D eigenvalue weighted by Crippen LogP contribution is 2.25. The minimum atomic E-state index is -0.184. The first-order chi connectivity index (χ1) is 14.0. The van der Waals surface area contributed by atoms with Crippen LogP contribution in [0, 0.1) is 6.92 Å². The molecule has 0 saturated carbocycles. The second-order valence-electron chi connectivity index (χ2n) is 6.65. The third kappa shape index (κ3) is 4.03. The molecular formula is C23H20BrN3O2. The lowest BCUT2D eigenvalue weighted by Crippen LogP contribution is -2.12. The minimum Gasteiger partial charge on any atom is -0.494 e. The fourth-order valence-electron chi connectivity index (χ4n) is 3.15. The molecule has 1 N–H and O–H groups in total. The van der Waals surface area contributed by atoms with Gasteiger partial charge in [-0.2, -0.15) is 0 Å². The van der Waals surface area contributed by atoms with Gasteiger partial charge in [-0.05, 0) is 71.7 Å². The summed E-state index contributed by atoms with van der Waals surface area (Å²) >= 11 is 3.44. The summed E-state index contributed by atoms with van der Waals surface area (Å²) in [4.78, 5) is 17.3. The van der Waals surface area contributed by atoms with Crippen LogP contribution >= 0.6 is 15.9 Å². The molecule has 0 atom stereocenters. The summed E-state index contributed by atoms with van der Waals surface area (Å²) in [6.45, 7) is 4.55. The largest absolute Gasteiger partial charge is 0.494 e. The lowest BCUT2D eigenvalue weighted by Gasteiger charge is -2.09. The Morgan fingerprint density at radius 2 is 1.97 bits per heavy atom. The van der Waals surface area contributed by atoms with Crippen molar-refractivity contribution in [1.29, 1.82) is 0 Å². The second-order valence-corrected chi connectivity index (χ2v) is 7.51. The lowest BCUT2D eigenvalue weighted by molar-refractivity contribution is 0.102. The van der Waals surface area contributed by atoms with Crippen LogP contribution in [0.3, 0.4) is 0 Å². The highest BCUT2D eigenvalue weighted by Gasteiger charge is 2.12. The van der Waals surface area contributed by atoms with Gasteiger partial charge in [-0.25, -0.2) is 4.98 Å². The van der Waals surface area contributed by atoms with Crippen molar-refractivity contribution in [2.75, 3.05) is 11.9 Å². The number of ether oxygens (including phenoxy) is 1. The number of anilines is 1. The number of hydrogen-bond donors (Lipinski definition) is 1. The minimum absolute atomic E-state index is 0.184. The Balaban J connectivity index is 1.52. The van der Waals surface area contributed by atoms with Crippen molar-refractivity contribution >= 4 is 33.2 Å². The van der Waals surface area contributed by atoms with Crippen LogP contribution in [0.1, 0.15) is 22.8 Å². The fourth-order valence-corrected chi connectivity index (χ4v) is 3.69. The molecule has 0 aliphatic heterocycles. The van der Waals surface area contributed by atoms with Gasteiger partial charge in [-0.1, -0.05) is 18.2 Å². The van der Waals surface area contributed by atoms with Crippen molar-refractivity contribution in [3.05, 3.63) is 82.6 Å². The molecule has 0 spiro atoms. The Labute approximate surface area is 177 Å². The molecule has 6 heteroatoms. The van der Waals surface area contributed by atoms with Crippen molar-refractivity contribution in [3.63, 3.8) is 0 Å². The van der Waals surface area contributed by atoms with Crippen molar-refractivity contribution in [2.45, 2.75) is 13.8 Å². The molecule has 0 aliphatic rings. The summed E-state index contributed by atoms with van der Waals surface area (Å²) in [5.41, 5.74) is 5.23. The van der Waals surface area contributed by atoms with E-state index in [4.69, 9.17) is 9.72 Å². The Morgan fingerprint density at radius 3 is 2.66 bits per heavy atom. The van der Waals surface area contributed by atoms with Crippen LogP contribution in [0.4, 0.5) is 5.69 Å². The molecule has 4 rings (SSSR count). The molecule has 2 aromatic heterocycles. The van der Waals surface area contributed by atoms with E-state index in [1.165, 1.54) is 0 Å². The monoisotopic (exact) mass is 449 g/mol. The summed E-state index contributed by atoms with van der Waals surface area (Å²) < 4.78 is 8.16. The van der Waals surface area contributed by atoms with E-state index in [2.05, 4.69) is 21.2 Å². The Kier molecular flexibility index (Phi) is 5.36. The Bertz CT molecular complexity index is 1180. The third-order valence-electron chi connectivity index (χ3n) is 4.61.